The summed E-state index contributed by atoms with van der Waals surface area (Å²) in [7, 11) is 0. The first kappa shape index (κ1) is 58.1. The average Bonchev–Trinajstić information content (AvgIpc) is 3.30. The number of ether oxygens (including phenoxy) is 1. The summed E-state index contributed by atoms with van der Waals surface area (Å²) in [6, 6.07) is 56.9. The van der Waals surface area contributed by atoms with Gasteiger partial charge in [0.05, 0.1) is 0 Å². The molecule has 0 spiro atoms. The van der Waals surface area contributed by atoms with E-state index < -0.39 is 28.9 Å². The van der Waals surface area contributed by atoms with Gasteiger partial charge in [0.15, 0.2) is 5.78 Å². The predicted molar refractivity (Wildman–Crippen MR) is 282 cm³/mol. The minimum absolute atomic E-state index is 0. The van der Waals surface area contributed by atoms with Gasteiger partial charge in [-0.25, -0.2) is 0 Å². The lowest BCUT2D eigenvalue weighted by molar-refractivity contribution is -0.288. The number of benzene rings is 8. The van der Waals surface area contributed by atoms with Gasteiger partial charge in [0.1, 0.15) is 11.5 Å². The largest absolute Gasteiger partial charge is 0.457 e. The first-order valence-electron chi connectivity index (χ1n) is 22.8. The van der Waals surface area contributed by atoms with E-state index in [0.717, 1.165) is 46.9 Å². The van der Waals surface area contributed by atoms with Crippen LogP contribution in [-0.2, 0) is 5.41 Å². The van der Waals surface area contributed by atoms with Crippen molar-refractivity contribution >= 4 is 5.78 Å². The van der Waals surface area contributed by atoms with Gasteiger partial charge >= 0.3 is 12.4 Å². The van der Waals surface area contributed by atoms with Gasteiger partial charge in [0, 0.05) is 11.1 Å². The van der Waals surface area contributed by atoms with Crippen LogP contribution in [0.5, 0.6) is 11.5 Å². The standard InChI is InChI=1S/C17H14F6.C15H14O.C14H14O.2C8H10.CH4/c1-11-3-7-13(8-4-11)15(16(18,19)20,17(21,22)23)14-9-5-12(2)6-10-14;1-11-3-7-13(8-4-11)15(16)14-9-5-12(2)6-10-14;1-11-3-7-13(8-4-11)15-14-9-5-12(2)6-10-14;1-7-3-5-8(2)6-4-7;1-7-4-3-5-8(2)6-7;/h3-10H,1-2H3;3-10H,1-2H3;3-10H,1-2H3;2*3-6H,1-2H3;1H4. The molecule has 71 heavy (non-hydrogen) atoms. The lowest BCUT2D eigenvalue weighted by atomic mass is 9.72. The van der Waals surface area contributed by atoms with E-state index >= 15 is 0 Å². The highest BCUT2D eigenvalue weighted by atomic mass is 19.4. The molecular weight excluding hydrogens is 903 g/mol. The van der Waals surface area contributed by atoms with E-state index in [1.807, 2.05) is 111 Å². The van der Waals surface area contributed by atoms with E-state index in [0.29, 0.717) is 11.1 Å². The molecule has 8 aromatic carbocycles. The quantitative estimate of drug-likeness (QED) is 0.123. The van der Waals surface area contributed by atoms with Gasteiger partial charge < -0.3 is 4.74 Å². The SMILES string of the molecule is C.Cc1ccc(C(=O)c2ccc(C)cc2)cc1.Cc1ccc(C(c2ccc(C)cc2)(C(F)(F)F)C(F)(F)F)cc1.Cc1ccc(C)cc1.Cc1ccc(Oc2ccc(C)cc2)cc1.Cc1cccc(C)c1. The molecule has 8 rings (SSSR count). The molecule has 0 aliphatic heterocycles. The molecule has 8 heteroatoms. The predicted octanol–water partition coefficient (Wildman–Crippen LogP) is 18.6. The summed E-state index contributed by atoms with van der Waals surface area (Å²) in [5, 5.41) is 0. The normalized spacial score (nSPS) is 10.8. The van der Waals surface area contributed by atoms with Crippen LogP contribution in [0.2, 0.25) is 0 Å². The van der Waals surface area contributed by atoms with Gasteiger partial charge in [-0.2, -0.15) is 26.3 Å². The highest BCUT2D eigenvalue weighted by Crippen LogP contribution is 2.56. The maximum absolute atomic E-state index is 13.7. The molecular formula is C63H66F6O2. The first-order valence-corrected chi connectivity index (χ1v) is 22.8. The molecule has 0 radical (unpaired) electrons. The summed E-state index contributed by atoms with van der Waals surface area (Å²) in [6.45, 7) is 19.8. The number of alkyl halides is 6. The molecule has 0 aliphatic rings. The molecule has 0 saturated carbocycles. The van der Waals surface area contributed by atoms with E-state index in [2.05, 4.69) is 90.1 Å². The Morgan fingerprint density at radius 2 is 0.549 bits per heavy atom. The third kappa shape index (κ3) is 17.6. The van der Waals surface area contributed by atoms with Gasteiger partial charge in [-0.3, -0.25) is 4.79 Å². The second-order valence-corrected chi connectivity index (χ2v) is 17.6. The number of ketones is 1. The summed E-state index contributed by atoms with van der Waals surface area (Å²) in [4.78, 5) is 12.1. The monoisotopic (exact) mass is 968 g/mol. The fourth-order valence-electron chi connectivity index (χ4n) is 6.96. The van der Waals surface area contributed by atoms with Crippen LogP contribution in [-0.4, -0.2) is 18.1 Å². The Hall–Kier alpha value is -7.19. The topological polar surface area (TPSA) is 26.3 Å². The van der Waals surface area contributed by atoms with Gasteiger partial charge in [-0.05, 0) is 105 Å². The van der Waals surface area contributed by atoms with Crippen LogP contribution in [0.1, 0.15) is 90.1 Å². The maximum atomic E-state index is 13.7. The number of halogens is 6. The number of hydrogen-bond acceptors (Lipinski definition) is 2. The molecule has 0 unspecified atom stereocenters. The van der Waals surface area contributed by atoms with Crippen LogP contribution in [0.3, 0.4) is 0 Å². The highest BCUT2D eigenvalue weighted by molar-refractivity contribution is 6.09. The molecule has 372 valence electrons. The van der Waals surface area contributed by atoms with Gasteiger partial charge in [0.25, 0.3) is 0 Å². The minimum atomic E-state index is -5.53. The highest BCUT2D eigenvalue weighted by Gasteiger charge is 2.72. The van der Waals surface area contributed by atoms with Crippen molar-refractivity contribution < 1.29 is 35.9 Å². The second kappa shape index (κ2) is 26.7. The zero-order valence-electron chi connectivity index (χ0n) is 41.6. The Balaban J connectivity index is 0.000000246. The Bertz CT molecular complexity index is 2620. The van der Waals surface area contributed by atoms with Crippen LogP contribution in [0.4, 0.5) is 26.3 Å². The molecule has 0 N–H and O–H groups in total. The van der Waals surface area contributed by atoms with Gasteiger partial charge in [-0.15, -0.1) is 0 Å². The third-order valence-electron chi connectivity index (χ3n) is 11.1. The average molecular weight is 969 g/mol. The zero-order chi connectivity index (χ0) is 51.6. The summed E-state index contributed by atoms with van der Waals surface area (Å²) in [5.41, 5.74) is 7.07. The van der Waals surface area contributed by atoms with Crippen molar-refractivity contribution in [3.63, 3.8) is 0 Å². The van der Waals surface area contributed by atoms with Crippen molar-refractivity contribution in [1.82, 2.24) is 0 Å². The van der Waals surface area contributed by atoms with Crippen molar-refractivity contribution in [1.29, 1.82) is 0 Å². The van der Waals surface area contributed by atoms with Gasteiger partial charge in [0.2, 0.25) is 5.41 Å². The lowest BCUT2D eigenvalue weighted by Crippen LogP contribution is -2.54. The van der Waals surface area contributed by atoms with Crippen LogP contribution in [0.25, 0.3) is 0 Å². The molecule has 0 bridgehead atoms. The number of carbonyl (C=O) groups excluding carboxylic acids is 1. The third-order valence-corrected chi connectivity index (χ3v) is 11.1. The first-order chi connectivity index (χ1) is 33.0. The van der Waals surface area contributed by atoms with E-state index in [9.17, 15) is 31.1 Å². The second-order valence-electron chi connectivity index (χ2n) is 17.6. The van der Waals surface area contributed by atoms with E-state index in [4.69, 9.17) is 4.74 Å². The molecule has 0 heterocycles. The number of rotatable bonds is 6. The Kier molecular flexibility index (Phi) is 21.9. The van der Waals surface area contributed by atoms with Crippen molar-refractivity contribution in [2.45, 2.75) is 94.4 Å². The lowest BCUT2D eigenvalue weighted by Gasteiger charge is -2.38. The van der Waals surface area contributed by atoms with E-state index in [1.54, 1.807) is 13.8 Å². The Morgan fingerprint density at radius 1 is 0.324 bits per heavy atom. The van der Waals surface area contributed by atoms with E-state index in [1.165, 1.54) is 68.8 Å². The summed E-state index contributed by atoms with van der Waals surface area (Å²) >= 11 is 0. The van der Waals surface area contributed by atoms with Gasteiger partial charge in [-0.1, -0.05) is 233 Å². The minimum Gasteiger partial charge on any atom is -0.457 e. The van der Waals surface area contributed by atoms with Crippen molar-refractivity contribution in [3.8, 4) is 11.5 Å². The smallest absolute Gasteiger partial charge is 0.411 e. The molecule has 0 atom stereocenters. The molecule has 0 fully saturated rings. The molecule has 0 amide bonds. The van der Waals surface area contributed by atoms with Crippen LogP contribution < -0.4 is 4.74 Å². The Morgan fingerprint density at radius 3 is 0.775 bits per heavy atom. The number of carbonyl (C=O) groups is 1. The van der Waals surface area contributed by atoms with Crippen LogP contribution in [0, 0.1) is 69.2 Å². The van der Waals surface area contributed by atoms with Crippen LogP contribution >= 0.6 is 0 Å². The molecule has 0 aromatic heterocycles. The fraction of sp³-hybridized carbons (Fsp3) is 0.222. The summed E-state index contributed by atoms with van der Waals surface area (Å²) in [5.74, 6) is 1.84. The molecule has 8 aromatic rings. The van der Waals surface area contributed by atoms with E-state index in [-0.39, 0.29) is 13.2 Å². The maximum Gasteiger partial charge on any atom is 0.411 e. The van der Waals surface area contributed by atoms with Crippen molar-refractivity contribution in [3.05, 3.63) is 272 Å². The number of aryl methyl sites for hydroxylation is 10. The summed E-state index contributed by atoms with van der Waals surface area (Å²) < 4.78 is 88.0. The van der Waals surface area contributed by atoms with Crippen LogP contribution in [0.15, 0.2) is 194 Å². The number of hydrogen-bond donors (Lipinski definition) is 0. The molecule has 0 aliphatic carbocycles. The molecule has 0 saturated heterocycles. The van der Waals surface area contributed by atoms with Crippen molar-refractivity contribution in [2.24, 2.45) is 0 Å². The fourth-order valence-corrected chi connectivity index (χ4v) is 6.96. The zero-order valence-corrected chi connectivity index (χ0v) is 41.6. The summed E-state index contributed by atoms with van der Waals surface area (Å²) in [6.07, 6.45) is -11.1. The molecule has 2 nitrogen and oxygen atoms in total. The van der Waals surface area contributed by atoms with Crippen molar-refractivity contribution in [2.75, 3.05) is 0 Å². The Labute approximate surface area is 418 Å².